The highest BCUT2D eigenvalue weighted by molar-refractivity contribution is 6.32. The summed E-state index contributed by atoms with van der Waals surface area (Å²) < 4.78 is 5.73. The molecule has 0 amide bonds. The number of aryl methyl sites for hydroxylation is 1. The van der Waals surface area contributed by atoms with Crippen LogP contribution in [0, 0.1) is 12.8 Å². The lowest BCUT2D eigenvalue weighted by Gasteiger charge is -2.12. The summed E-state index contributed by atoms with van der Waals surface area (Å²) in [6.45, 7) is 3.26. The Morgan fingerprint density at radius 3 is 2.80 bits per heavy atom. The Morgan fingerprint density at radius 2 is 2.20 bits per heavy atom. The number of rotatable bonds is 4. The van der Waals surface area contributed by atoms with Crippen molar-refractivity contribution in [1.29, 1.82) is 0 Å². The number of benzene rings is 1. The Labute approximate surface area is 95.4 Å². The molecule has 0 atom stereocenters. The van der Waals surface area contributed by atoms with Crippen LogP contribution in [0.1, 0.15) is 24.0 Å². The summed E-state index contributed by atoms with van der Waals surface area (Å²) in [5, 5.41) is 0.677. The Balaban J connectivity index is 2.17. The third-order valence-electron chi connectivity index (χ3n) is 2.65. The molecule has 0 spiro atoms. The van der Waals surface area contributed by atoms with E-state index in [4.69, 9.17) is 22.1 Å². The largest absolute Gasteiger partial charge is 0.491 e. The van der Waals surface area contributed by atoms with Gasteiger partial charge in [0.1, 0.15) is 5.75 Å². The fourth-order valence-corrected chi connectivity index (χ4v) is 1.95. The number of halogens is 1. The second kappa shape index (κ2) is 4.42. The van der Waals surface area contributed by atoms with Crippen LogP contribution < -0.4 is 10.5 Å². The summed E-state index contributed by atoms with van der Waals surface area (Å²) in [5.74, 6) is 1.50. The zero-order valence-corrected chi connectivity index (χ0v) is 9.68. The van der Waals surface area contributed by atoms with Gasteiger partial charge in [-0.15, -0.1) is 0 Å². The van der Waals surface area contributed by atoms with E-state index in [1.807, 2.05) is 19.1 Å². The molecule has 2 N–H and O–H groups in total. The first kappa shape index (κ1) is 10.8. The van der Waals surface area contributed by atoms with Crippen molar-refractivity contribution in [3.63, 3.8) is 0 Å². The molecule has 82 valence electrons. The molecule has 15 heavy (non-hydrogen) atoms. The zero-order chi connectivity index (χ0) is 10.8. The van der Waals surface area contributed by atoms with Crippen LogP contribution in [0.5, 0.6) is 5.75 Å². The van der Waals surface area contributed by atoms with Crippen molar-refractivity contribution in [3.05, 3.63) is 28.3 Å². The topological polar surface area (TPSA) is 35.2 Å². The third kappa shape index (κ3) is 2.64. The van der Waals surface area contributed by atoms with E-state index >= 15 is 0 Å². The molecule has 1 saturated carbocycles. The smallest absolute Gasteiger partial charge is 0.142 e. The van der Waals surface area contributed by atoms with Crippen LogP contribution in [0.3, 0.4) is 0 Å². The van der Waals surface area contributed by atoms with Crippen molar-refractivity contribution in [3.8, 4) is 5.75 Å². The van der Waals surface area contributed by atoms with Crippen LogP contribution >= 0.6 is 11.6 Å². The third-order valence-corrected chi connectivity index (χ3v) is 2.93. The summed E-state index contributed by atoms with van der Waals surface area (Å²) in [7, 11) is 0. The van der Waals surface area contributed by atoms with E-state index < -0.39 is 0 Å². The summed E-state index contributed by atoms with van der Waals surface area (Å²) in [5.41, 5.74) is 7.80. The maximum atomic E-state index is 6.14. The molecule has 0 radical (unpaired) electrons. The normalized spacial score (nSPS) is 15.4. The standard InChI is InChI=1S/C12H16ClNO/c1-8-4-10(6-14)12(11(13)5-8)15-7-9-2-3-9/h4-5,9H,2-3,6-7,14H2,1H3. The lowest BCUT2D eigenvalue weighted by molar-refractivity contribution is 0.297. The highest BCUT2D eigenvalue weighted by Crippen LogP contribution is 2.34. The number of hydrogen-bond acceptors (Lipinski definition) is 2. The lowest BCUT2D eigenvalue weighted by atomic mass is 10.1. The fraction of sp³-hybridized carbons (Fsp3) is 0.500. The van der Waals surface area contributed by atoms with Crippen molar-refractivity contribution < 1.29 is 4.74 Å². The minimum atomic E-state index is 0.474. The van der Waals surface area contributed by atoms with Gasteiger partial charge < -0.3 is 10.5 Å². The van der Waals surface area contributed by atoms with E-state index in [1.165, 1.54) is 12.8 Å². The molecule has 1 aromatic carbocycles. The van der Waals surface area contributed by atoms with Crippen molar-refractivity contribution in [1.82, 2.24) is 0 Å². The minimum absolute atomic E-state index is 0.474. The highest BCUT2D eigenvalue weighted by Gasteiger charge is 2.22. The Bertz CT molecular complexity index is 361. The van der Waals surface area contributed by atoms with Gasteiger partial charge in [0.05, 0.1) is 11.6 Å². The molecule has 0 saturated heterocycles. The number of nitrogens with two attached hydrogens (primary N) is 1. The molecule has 0 aromatic heterocycles. The predicted octanol–water partition coefficient (Wildman–Crippen LogP) is 2.90. The molecule has 0 heterocycles. The zero-order valence-electron chi connectivity index (χ0n) is 8.92. The van der Waals surface area contributed by atoms with Gasteiger partial charge in [-0.2, -0.15) is 0 Å². The van der Waals surface area contributed by atoms with Crippen LogP contribution in [-0.2, 0) is 6.54 Å². The summed E-state index contributed by atoms with van der Waals surface area (Å²) in [4.78, 5) is 0. The first-order valence-electron chi connectivity index (χ1n) is 5.32. The van der Waals surface area contributed by atoms with Crippen LogP contribution in [-0.4, -0.2) is 6.61 Å². The summed E-state index contributed by atoms with van der Waals surface area (Å²) >= 11 is 6.14. The maximum absolute atomic E-state index is 6.14. The maximum Gasteiger partial charge on any atom is 0.142 e. The lowest BCUT2D eigenvalue weighted by Crippen LogP contribution is -2.06. The SMILES string of the molecule is Cc1cc(Cl)c(OCC2CC2)c(CN)c1. The molecule has 1 aromatic rings. The summed E-state index contributed by atoms with van der Waals surface area (Å²) in [6, 6.07) is 3.96. The second-order valence-corrected chi connectivity index (χ2v) is 4.60. The second-order valence-electron chi connectivity index (χ2n) is 4.19. The fourth-order valence-electron chi connectivity index (χ4n) is 1.60. The molecule has 0 bridgehead atoms. The average molecular weight is 226 g/mol. The van der Waals surface area contributed by atoms with Crippen LogP contribution in [0.2, 0.25) is 5.02 Å². The van der Waals surface area contributed by atoms with E-state index in [0.717, 1.165) is 29.4 Å². The van der Waals surface area contributed by atoms with Gasteiger partial charge in [-0.05, 0) is 37.3 Å². The van der Waals surface area contributed by atoms with Gasteiger partial charge in [0, 0.05) is 12.1 Å². The van der Waals surface area contributed by atoms with E-state index in [9.17, 15) is 0 Å². The molecule has 3 heteroatoms. The molecule has 1 aliphatic carbocycles. The predicted molar refractivity (Wildman–Crippen MR) is 62.3 cm³/mol. The molecule has 2 nitrogen and oxygen atoms in total. The molecule has 1 aliphatic rings. The van der Waals surface area contributed by atoms with E-state index in [0.29, 0.717) is 11.6 Å². The average Bonchev–Trinajstić information content (AvgIpc) is 2.99. The van der Waals surface area contributed by atoms with E-state index in [-0.39, 0.29) is 0 Å². The van der Waals surface area contributed by atoms with Gasteiger partial charge in [0.2, 0.25) is 0 Å². The molecule has 0 unspecified atom stereocenters. The monoisotopic (exact) mass is 225 g/mol. The van der Waals surface area contributed by atoms with Gasteiger partial charge in [-0.25, -0.2) is 0 Å². The Morgan fingerprint density at radius 1 is 1.47 bits per heavy atom. The first-order valence-corrected chi connectivity index (χ1v) is 5.70. The highest BCUT2D eigenvalue weighted by atomic mass is 35.5. The molecular weight excluding hydrogens is 210 g/mol. The van der Waals surface area contributed by atoms with Crippen molar-refractivity contribution in [2.45, 2.75) is 26.3 Å². The molecule has 2 rings (SSSR count). The van der Waals surface area contributed by atoms with Crippen molar-refractivity contribution in [2.24, 2.45) is 11.7 Å². The summed E-state index contributed by atoms with van der Waals surface area (Å²) in [6.07, 6.45) is 2.56. The molecular formula is C12H16ClNO. The van der Waals surface area contributed by atoms with Crippen LogP contribution in [0.25, 0.3) is 0 Å². The quantitative estimate of drug-likeness (QED) is 0.855. The Hall–Kier alpha value is -0.730. The van der Waals surface area contributed by atoms with Gasteiger partial charge in [0.15, 0.2) is 0 Å². The van der Waals surface area contributed by atoms with Gasteiger partial charge in [-0.1, -0.05) is 17.7 Å². The number of ether oxygens (including phenoxy) is 1. The van der Waals surface area contributed by atoms with Gasteiger partial charge in [-0.3, -0.25) is 0 Å². The number of hydrogen-bond donors (Lipinski definition) is 1. The van der Waals surface area contributed by atoms with Crippen LogP contribution in [0.15, 0.2) is 12.1 Å². The van der Waals surface area contributed by atoms with Crippen LogP contribution in [0.4, 0.5) is 0 Å². The molecule has 0 aliphatic heterocycles. The Kier molecular flexibility index (Phi) is 3.17. The van der Waals surface area contributed by atoms with Crippen molar-refractivity contribution >= 4 is 11.6 Å². The van der Waals surface area contributed by atoms with Gasteiger partial charge >= 0.3 is 0 Å². The van der Waals surface area contributed by atoms with E-state index in [2.05, 4.69) is 0 Å². The van der Waals surface area contributed by atoms with Crippen molar-refractivity contribution in [2.75, 3.05) is 6.61 Å². The molecule has 1 fully saturated rings. The minimum Gasteiger partial charge on any atom is -0.491 e. The first-order chi connectivity index (χ1) is 7.20. The van der Waals surface area contributed by atoms with E-state index in [1.54, 1.807) is 0 Å². The van der Waals surface area contributed by atoms with Gasteiger partial charge in [0.25, 0.3) is 0 Å².